The molecule has 4 rings (SSSR count). The van der Waals surface area contributed by atoms with Crippen molar-refractivity contribution >= 4 is 5.91 Å². The maximum atomic E-state index is 13.6. The number of hydrogen-bond acceptors (Lipinski definition) is 2. The van der Waals surface area contributed by atoms with Crippen LogP contribution in [0.15, 0.2) is 30.3 Å². The van der Waals surface area contributed by atoms with E-state index in [4.69, 9.17) is 0 Å². The van der Waals surface area contributed by atoms with Crippen LogP contribution in [0.1, 0.15) is 50.5 Å². The molecule has 1 aliphatic carbocycles. The van der Waals surface area contributed by atoms with Crippen LogP contribution >= 0.6 is 0 Å². The molecule has 1 aromatic rings. The second kappa shape index (κ2) is 5.69. The van der Waals surface area contributed by atoms with Crippen LogP contribution in [0.4, 0.5) is 0 Å². The molecule has 2 bridgehead atoms. The quantitative estimate of drug-likeness (QED) is 0.910. The van der Waals surface area contributed by atoms with Crippen LogP contribution in [0.5, 0.6) is 0 Å². The molecule has 1 aromatic carbocycles. The molecule has 22 heavy (non-hydrogen) atoms. The fourth-order valence-corrected chi connectivity index (χ4v) is 4.92. The van der Waals surface area contributed by atoms with Crippen molar-refractivity contribution in [3.05, 3.63) is 35.9 Å². The summed E-state index contributed by atoms with van der Waals surface area (Å²) in [6.07, 6.45) is 7.91. The summed E-state index contributed by atoms with van der Waals surface area (Å²) in [5, 5.41) is 3.51. The summed E-state index contributed by atoms with van der Waals surface area (Å²) in [5.41, 5.74) is 1.00. The molecular weight excluding hydrogens is 272 g/mol. The Bertz CT molecular complexity index is 522. The van der Waals surface area contributed by atoms with Gasteiger partial charge in [-0.3, -0.25) is 4.79 Å². The topological polar surface area (TPSA) is 32.3 Å². The number of rotatable bonds is 2. The van der Waals surface area contributed by atoms with Crippen LogP contribution in [0.3, 0.4) is 0 Å². The van der Waals surface area contributed by atoms with E-state index >= 15 is 0 Å². The van der Waals surface area contributed by atoms with E-state index in [-0.39, 0.29) is 5.41 Å². The second-order valence-electron chi connectivity index (χ2n) is 7.25. The molecule has 0 spiro atoms. The summed E-state index contributed by atoms with van der Waals surface area (Å²) >= 11 is 0. The van der Waals surface area contributed by atoms with E-state index in [9.17, 15) is 4.79 Å². The summed E-state index contributed by atoms with van der Waals surface area (Å²) in [7, 11) is 0. The molecule has 2 saturated heterocycles. The fraction of sp³-hybridized carbons (Fsp3) is 0.632. The van der Waals surface area contributed by atoms with Crippen LogP contribution in [0.25, 0.3) is 0 Å². The highest BCUT2D eigenvalue weighted by molar-refractivity contribution is 5.89. The van der Waals surface area contributed by atoms with Crippen molar-refractivity contribution < 1.29 is 4.79 Å². The highest BCUT2D eigenvalue weighted by Gasteiger charge is 2.49. The van der Waals surface area contributed by atoms with Crippen LogP contribution in [0.2, 0.25) is 0 Å². The van der Waals surface area contributed by atoms with E-state index in [0.29, 0.717) is 18.0 Å². The Morgan fingerprint density at radius 2 is 1.77 bits per heavy atom. The third-order valence-electron chi connectivity index (χ3n) is 6.08. The van der Waals surface area contributed by atoms with E-state index in [2.05, 4.69) is 40.5 Å². The molecule has 118 valence electrons. The Kier molecular flexibility index (Phi) is 3.69. The molecule has 3 fully saturated rings. The van der Waals surface area contributed by atoms with Crippen molar-refractivity contribution in [3.8, 4) is 0 Å². The second-order valence-corrected chi connectivity index (χ2v) is 7.25. The number of carbonyl (C=O) groups is 1. The molecule has 0 radical (unpaired) electrons. The number of amides is 1. The van der Waals surface area contributed by atoms with Gasteiger partial charge >= 0.3 is 0 Å². The van der Waals surface area contributed by atoms with Crippen molar-refractivity contribution in [3.63, 3.8) is 0 Å². The normalized spacial score (nSPS) is 30.3. The van der Waals surface area contributed by atoms with E-state index in [1.807, 2.05) is 0 Å². The predicted octanol–water partition coefficient (Wildman–Crippen LogP) is 2.85. The molecule has 2 unspecified atom stereocenters. The Hall–Kier alpha value is -1.35. The number of hydrogen-bond donors (Lipinski definition) is 1. The molecule has 0 aromatic heterocycles. The molecule has 1 N–H and O–H groups in total. The zero-order valence-corrected chi connectivity index (χ0v) is 13.3. The smallest absolute Gasteiger partial charge is 0.233 e. The first-order valence-corrected chi connectivity index (χ1v) is 8.90. The van der Waals surface area contributed by atoms with Gasteiger partial charge in [-0.15, -0.1) is 0 Å². The summed E-state index contributed by atoms with van der Waals surface area (Å²) in [4.78, 5) is 15.9. The van der Waals surface area contributed by atoms with Crippen LogP contribution < -0.4 is 5.32 Å². The van der Waals surface area contributed by atoms with Crippen LogP contribution in [-0.4, -0.2) is 36.0 Å². The number of nitrogens with one attached hydrogen (secondary N) is 1. The van der Waals surface area contributed by atoms with Gasteiger partial charge in [-0.25, -0.2) is 0 Å². The van der Waals surface area contributed by atoms with E-state index in [1.165, 1.54) is 31.2 Å². The highest BCUT2D eigenvalue weighted by atomic mass is 16.2. The first kappa shape index (κ1) is 14.3. The van der Waals surface area contributed by atoms with Crippen molar-refractivity contribution in [2.45, 2.75) is 62.4 Å². The van der Waals surface area contributed by atoms with Gasteiger partial charge in [0.15, 0.2) is 0 Å². The third kappa shape index (κ3) is 2.18. The third-order valence-corrected chi connectivity index (χ3v) is 6.08. The van der Waals surface area contributed by atoms with Gasteiger partial charge in [-0.2, -0.15) is 0 Å². The lowest BCUT2D eigenvalue weighted by Crippen LogP contribution is -2.51. The van der Waals surface area contributed by atoms with Gasteiger partial charge in [0.1, 0.15) is 0 Å². The molecule has 3 heteroatoms. The minimum Gasteiger partial charge on any atom is -0.335 e. The van der Waals surface area contributed by atoms with Gasteiger partial charge in [0.25, 0.3) is 0 Å². The van der Waals surface area contributed by atoms with Crippen molar-refractivity contribution in [2.24, 2.45) is 0 Å². The Balaban J connectivity index is 1.70. The number of carbonyl (C=O) groups excluding carboxylic acids is 1. The van der Waals surface area contributed by atoms with E-state index in [0.717, 1.165) is 32.4 Å². The lowest BCUT2D eigenvalue weighted by atomic mass is 9.77. The number of fused-ring (bicyclic) bond motifs is 2. The molecule has 2 aliphatic heterocycles. The average Bonchev–Trinajstić information content (AvgIpc) is 3.12. The van der Waals surface area contributed by atoms with Gasteiger partial charge in [0, 0.05) is 18.6 Å². The maximum absolute atomic E-state index is 13.6. The van der Waals surface area contributed by atoms with Crippen molar-refractivity contribution in [2.75, 3.05) is 13.1 Å². The zero-order valence-electron chi connectivity index (χ0n) is 13.3. The first-order valence-electron chi connectivity index (χ1n) is 8.90. The molecule has 2 atom stereocenters. The van der Waals surface area contributed by atoms with Crippen molar-refractivity contribution in [1.29, 1.82) is 0 Å². The van der Waals surface area contributed by atoms with Crippen molar-refractivity contribution in [1.82, 2.24) is 10.2 Å². The van der Waals surface area contributed by atoms with Gasteiger partial charge in [-0.1, -0.05) is 43.2 Å². The largest absolute Gasteiger partial charge is 0.335 e. The number of nitrogens with zero attached hydrogens (tertiary/aromatic N) is 1. The minimum atomic E-state index is -0.244. The average molecular weight is 298 g/mol. The van der Waals surface area contributed by atoms with Gasteiger partial charge in [0.2, 0.25) is 5.91 Å². The predicted molar refractivity (Wildman–Crippen MR) is 87.7 cm³/mol. The lowest BCUT2D eigenvalue weighted by molar-refractivity contribution is -0.140. The Morgan fingerprint density at radius 1 is 1.05 bits per heavy atom. The minimum absolute atomic E-state index is 0.244. The molecule has 1 saturated carbocycles. The van der Waals surface area contributed by atoms with Crippen LogP contribution in [0, 0.1) is 0 Å². The van der Waals surface area contributed by atoms with Gasteiger partial charge in [-0.05, 0) is 44.2 Å². The summed E-state index contributed by atoms with van der Waals surface area (Å²) in [6.45, 7) is 2.04. The maximum Gasteiger partial charge on any atom is 0.233 e. The van der Waals surface area contributed by atoms with E-state index in [1.54, 1.807) is 0 Å². The summed E-state index contributed by atoms with van der Waals surface area (Å²) in [5.74, 6) is 0.424. The van der Waals surface area contributed by atoms with Gasteiger partial charge < -0.3 is 10.2 Å². The SMILES string of the molecule is O=C(N1C2CCNCC1CC2)C1(c2ccccc2)CCCC1. The molecular formula is C19H26N2O. The Morgan fingerprint density at radius 3 is 2.55 bits per heavy atom. The summed E-state index contributed by atoms with van der Waals surface area (Å²) in [6, 6.07) is 11.4. The standard InChI is InChI=1S/C19H26N2O/c22-18(21-16-8-9-17(21)14-20-13-10-16)19(11-4-5-12-19)15-6-2-1-3-7-15/h1-3,6-7,16-17,20H,4-5,8-14H2. The molecule has 3 aliphatic rings. The first-order chi connectivity index (χ1) is 10.8. The summed E-state index contributed by atoms with van der Waals surface area (Å²) < 4.78 is 0. The Labute approximate surface area is 133 Å². The molecule has 2 heterocycles. The number of benzene rings is 1. The van der Waals surface area contributed by atoms with Crippen LogP contribution in [-0.2, 0) is 10.2 Å². The zero-order chi connectivity index (χ0) is 15.0. The highest BCUT2D eigenvalue weighted by Crippen LogP contribution is 2.45. The molecule has 3 nitrogen and oxygen atoms in total. The fourth-order valence-electron chi connectivity index (χ4n) is 4.92. The van der Waals surface area contributed by atoms with Gasteiger partial charge in [0.05, 0.1) is 5.41 Å². The monoisotopic (exact) mass is 298 g/mol. The van der Waals surface area contributed by atoms with E-state index < -0.39 is 0 Å². The lowest BCUT2D eigenvalue weighted by Gasteiger charge is -2.38. The molecule has 1 amide bonds.